The molecule has 1 N–H and O–H groups in total. The minimum atomic E-state index is -0.329. The molecule has 8 heteroatoms. The molecule has 0 saturated carbocycles. The van der Waals surface area contributed by atoms with Crippen LogP contribution in [0.25, 0.3) is 10.8 Å². The summed E-state index contributed by atoms with van der Waals surface area (Å²) >= 11 is 6.28. The highest BCUT2D eigenvalue weighted by Gasteiger charge is 2.19. The second-order valence-electron chi connectivity index (χ2n) is 7.35. The molecule has 2 aromatic carbocycles. The Morgan fingerprint density at radius 2 is 1.93 bits per heavy atom. The number of carbonyl (C=O) groups is 1. The number of fused-ring (bicyclic) bond motifs is 2. The van der Waals surface area contributed by atoms with Gasteiger partial charge in [0, 0.05) is 11.9 Å². The average molecular weight is 428 g/mol. The summed E-state index contributed by atoms with van der Waals surface area (Å²) < 4.78 is 12.5. The molecule has 30 heavy (non-hydrogen) atoms. The molecule has 2 heterocycles. The van der Waals surface area contributed by atoms with Crippen LogP contribution in [0, 0.1) is 0 Å². The van der Waals surface area contributed by atoms with E-state index in [0.29, 0.717) is 53.5 Å². The number of nitrogens with zero attached hydrogens (tertiary/aromatic N) is 2. The zero-order valence-corrected chi connectivity index (χ0v) is 17.5. The van der Waals surface area contributed by atoms with Gasteiger partial charge in [-0.1, -0.05) is 29.8 Å². The highest BCUT2D eigenvalue weighted by Crippen LogP contribution is 2.38. The second-order valence-corrected chi connectivity index (χ2v) is 7.75. The minimum Gasteiger partial charge on any atom is -0.486 e. The van der Waals surface area contributed by atoms with Gasteiger partial charge in [-0.2, -0.15) is 5.10 Å². The van der Waals surface area contributed by atoms with E-state index in [2.05, 4.69) is 10.4 Å². The first-order chi connectivity index (χ1) is 14.5. The summed E-state index contributed by atoms with van der Waals surface area (Å²) in [5.41, 5.74) is 0.955. The molecular weight excluding hydrogens is 406 g/mol. The fraction of sp³-hybridized carbons (Fsp3) is 0.318. The number of hydrogen-bond donors (Lipinski definition) is 1. The number of halogens is 1. The smallest absolute Gasteiger partial charge is 0.274 e. The summed E-state index contributed by atoms with van der Waals surface area (Å²) in [5.74, 6) is 0.846. The molecule has 3 aromatic rings. The van der Waals surface area contributed by atoms with Gasteiger partial charge < -0.3 is 14.8 Å². The number of carbonyl (C=O) groups excluding carboxylic acids is 1. The molecule has 0 saturated heterocycles. The van der Waals surface area contributed by atoms with Crippen molar-refractivity contribution < 1.29 is 14.3 Å². The lowest BCUT2D eigenvalue weighted by atomic mass is 10.1. The Morgan fingerprint density at radius 1 is 1.20 bits per heavy atom. The quantitative estimate of drug-likeness (QED) is 0.675. The molecule has 0 bridgehead atoms. The largest absolute Gasteiger partial charge is 0.486 e. The number of amides is 1. The van der Waals surface area contributed by atoms with Crippen molar-refractivity contribution in [3.63, 3.8) is 0 Å². The van der Waals surface area contributed by atoms with Crippen LogP contribution in [0.3, 0.4) is 0 Å². The minimum absolute atomic E-state index is 0.159. The maximum atomic E-state index is 12.9. The molecule has 0 aliphatic carbocycles. The third-order valence-electron chi connectivity index (χ3n) is 4.89. The summed E-state index contributed by atoms with van der Waals surface area (Å²) in [7, 11) is 0. The second kappa shape index (κ2) is 8.36. The predicted molar refractivity (Wildman–Crippen MR) is 115 cm³/mol. The van der Waals surface area contributed by atoms with Crippen molar-refractivity contribution >= 4 is 28.3 Å². The van der Waals surface area contributed by atoms with Gasteiger partial charge >= 0.3 is 0 Å². The van der Waals surface area contributed by atoms with E-state index in [0.717, 1.165) is 5.56 Å². The third-order valence-corrected chi connectivity index (χ3v) is 5.17. The normalized spacial score (nSPS) is 12.9. The molecule has 0 unspecified atom stereocenters. The van der Waals surface area contributed by atoms with Gasteiger partial charge in [-0.05, 0) is 44.0 Å². The first-order valence-corrected chi connectivity index (χ1v) is 10.2. The first-order valence-electron chi connectivity index (χ1n) is 9.83. The molecule has 1 amide bonds. The van der Waals surface area contributed by atoms with Crippen molar-refractivity contribution in [2.24, 2.45) is 0 Å². The van der Waals surface area contributed by atoms with Gasteiger partial charge in [-0.15, -0.1) is 0 Å². The number of ether oxygens (including phenoxy) is 2. The molecule has 1 aliphatic heterocycles. The lowest BCUT2D eigenvalue weighted by Gasteiger charge is -2.20. The molecule has 0 fully saturated rings. The van der Waals surface area contributed by atoms with E-state index >= 15 is 0 Å². The molecule has 4 rings (SSSR count). The summed E-state index contributed by atoms with van der Waals surface area (Å²) in [5, 5.41) is 8.73. The van der Waals surface area contributed by atoms with Crippen LogP contribution in [0.5, 0.6) is 11.5 Å². The van der Waals surface area contributed by atoms with E-state index in [1.165, 1.54) is 4.68 Å². The Hall–Kier alpha value is -3.06. The Bertz CT molecular complexity index is 1170. The number of aromatic nitrogens is 2. The fourth-order valence-electron chi connectivity index (χ4n) is 3.44. The van der Waals surface area contributed by atoms with Gasteiger partial charge in [0.1, 0.15) is 13.2 Å². The van der Waals surface area contributed by atoms with Crippen molar-refractivity contribution in [2.75, 3.05) is 19.8 Å². The van der Waals surface area contributed by atoms with Gasteiger partial charge in [0.15, 0.2) is 17.2 Å². The molecule has 0 atom stereocenters. The van der Waals surface area contributed by atoms with Crippen molar-refractivity contribution in [3.8, 4) is 11.5 Å². The van der Waals surface area contributed by atoms with Crippen molar-refractivity contribution in [1.29, 1.82) is 0 Å². The maximum absolute atomic E-state index is 12.9. The van der Waals surface area contributed by atoms with Crippen LogP contribution in [0.2, 0.25) is 5.02 Å². The zero-order valence-electron chi connectivity index (χ0n) is 16.8. The van der Waals surface area contributed by atoms with E-state index in [-0.39, 0.29) is 23.2 Å². The van der Waals surface area contributed by atoms with Crippen LogP contribution in [0.1, 0.15) is 35.9 Å². The van der Waals surface area contributed by atoms with Crippen LogP contribution in [0.4, 0.5) is 0 Å². The van der Waals surface area contributed by atoms with Gasteiger partial charge in [0.05, 0.1) is 16.5 Å². The van der Waals surface area contributed by atoms with Gasteiger partial charge in [0.25, 0.3) is 11.5 Å². The topological polar surface area (TPSA) is 82.5 Å². The van der Waals surface area contributed by atoms with Crippen LogP contribution < -0.4 is 20.3 Å². The zero-order chi connectivity index (χ0) is 21.3. The predicted octanol–water partition coefficient (Wildman–Crippen LogP) is 3.37. The van der Waals surface area contributed by atoms with E-state index in [4.69, 9.17) is 21.1 Å². The van der Waals surface area contributed by atoms with E-state index in [9.17, 15) is 9.59 Å². The van der Waals surface area contributed by atoms with Crippen molar-refractivity contribution in [1.82, 2.24) is 15.1 Å². The Balaban J connectivity index is 1.54. The van der Waals surface area contributed by atoms with Crippen molar-refractivity contribution in [3.05, 3.63) is 63.0 Å². The molecule has 156 valence electrons. The number of hydrogen-bond acceptors (Lipinski definition) is 5. The standard InChI is InChI=1S/C22H22ClN3O4/c1-13(2)26-22(28)16-6-4-3-5-15(16)19(25-26)21(27)24-8-7-14-11-17(23)20-18(12-14)29-9-10-30-20/h3-6,11-13H,7-10H2,1-2H3,(H,24,27). The number of rotatable bonds is 5. The van der Waals surface area contributed by atoms with E-state index < -0.39 is 0 Å². The number of benzene rings is 2. The maximum Gasteiger partial charge on any atom is 0.274 e. The summed E-state index contributed by atoms with van der Waals surface area (Å²) in [6.45, 7) is 5.05. The lowest BCUT2D eigenvalue weighted by Crippen LogP contribution is -2.32. The molecule has 7 nitrogen and oxygen atoms in total. The average Bonchev–Trinajstić information content (AvgIpc) is 2.74. The third kappa shape index (κ3) is 3.85. The van der Waals surface area contributed by atoms with Gasteiger partial charge in [-0.25, -0.2) is 4.68 Å². The van der Waals surface area contributed by atoms with Crippen LogP contribution in [-0.4, -0.2) is 35.4 Å². The number of nitrogens with one attached hydrogen (secondary N) is 1. The van der Waals surface area contributed by atoms with Gasteiger partial charge in [-0.3, -0.25) is 9.59 Å². The lowest BCUT2D eigenvalue weighted by molar-refractivity contribution is 0.0948. The summed E-state index contributed by atoms with van der Waals surface area (Å²) in [6, 6.07) is 10.6. The highest BCUT2D eigenvalue weighted by atomic mass is 35.5. The summed E-state index contributed by atoms with van der Waals surface area (Å²) in [6.07, 6.45) is 0.559. The van der Waals surface area contributed by atoms with E-state index in [1.54, 1.807) is 24.3 Å². The van der Waals surface area contributed by atoms with E-state index in [1.807, 2.05) is 26.0 Å². The van der Waals surface area contributed by atoms with Gasteiger partial charge in [0.2, 0.25) is 0 Å². The Kier molecular flexibility index (Phi) is 5.63. The monoisotopic (exact) mass is 427 g/mol. The fourth-order valence-corrected chi connectivity index (χ4v) is 3.72. The molecule has 1 aromatic heterocycles. The first kappa shape index (κ1) is 20.2. The molecular formula is C22H22ClN3O4. The SMILES string of the molecule is CC(C)n1nc(C(=O)NCCc2cc(Cl)c3c(c2)OCCO3)c2ccccc2c1=O. The molecule has 0 spiro atoms. The van der Waals surface area contributed by atoms with Crippen LogP contribution in [-0.2, 0) is 6.42 Å². The highest BCUT2D eigenvalue weighted by molar-refractivity contribution is 6.32. The molecule has 1 aliphatic rings. The summed E-state index contributed by atoms with van der Waals surface area (Å²) in [4.78, 5) is 25.5. The molecule has 0 radical (unpaired) electrons. The van der Waals surface area contributed by atoms with Crippen LogP contribution in [0.15, 0.2) is 41.2 Å². The van der Waals surface area contributed by atoms with Crippen LogP contribution >= 0.6 is 11.6 Å². The van der Waals surface area contributed by atoms with Crippen molar-refractivity contribution in [2.45, 2.75) is 26.3 Å². The Morgan fingerprint density at radius 3 is 2.70 bits per heavy atom. The Labute approximate surface area is 178 Å².